The molecule has 6 nitrogen and oxygen atoms in total. The molecule has 0 bridgehead atoms. The molecule has 3 aromatic carbocycles. The van der Waals surface area contributed by atoms with Gasteiger partial charge in [-0.15, -0.1) is 0 Å². The third-order valence-electron chi connectivity index (χ3n) is 6.58. The molecule has 1 aromatic heterocycles. The number of carbonyl (C=O) groups is 2. The minimum Gasteiger partial charge on any atom is -0.478 e. The molecule has 0 radical (unpaired) electrons. The van der Waals surface area contributed by atoms with Crippen molar-refractivity contribution in [1.29, 1.82) is 0 Å². The number of aromatic carboxylic acids is 1. The zero-order chi connectivity index (χ0) is 26.7. The van der Waals surface area contributed by atoms with Gasteiger partial charge < -0.3 is 15.0 Å². The van der Waals surface area contributed by atoms with Gasteiger partial charge >= 0.3 is 5.97 Å². The fraction of sp³-hybridized carbons (Fsp3) is 0.323. The topological polar surface area (TPSA) is 84.2 Å². The van der Waals surface area contributed by atoms with E-state index >= 15 is 0 Å². The molecule has 2 N–H and O–H groups in total. The van der Waals surface area contributed by atoms with Crippen LogP contribution in [-0.2, 0) is 17.8 Å². The molecule has 37 heavy (non-hydrogen) atoms. The number of fused-ring (bicyclic) bond motifs is 1. The number of benzene rings is 3. The highest BCUT2D eigenvalue weighted by Crippen LogP contribution is 2.29. The minimum atomic E-state index is -0.935. The summed E-state index contributed by atoms with van der Waals surface area (Å²) in [5, 5.41) is 12.6. The lowest BCUT2D eigenvalue weighted by atomic mass is 9.95. The minimum absolute atomic E-state index is 0.0271. The van der Waals surface area contributed by atoms with Gasteiger partial charge in [0, 0.05) is 24.1 Å². The quantitative estimate of drug-likeness (QED) is 0.272. The highest BCUT2D eigenvalue weighted by molar-refractivity contribution is 5.97. The summed E-state index contributed by atoms with van der Waals surface area (Å²) in [7, 11) is 0. The van der Waals surface area contributed by atoms with Crippen molar-refractivity contribution in [2.24, 2.45) is 5.41 Å². The van der Waals surface area contributed by atoms with E-state index in [0.29, 0.717) is 12.1 Å². The van der Waals surface area contributed by atoms with E-state index in [9.17, 15) is 14.7 Å². The standard InChI is InChI=1S/C31H35N3O3/c1-6-7-12-27-33-28-20(2)17-23(32-30(37)31(3,4)5)18-26(28)34(27)19-21-13-15-22(16-14-21)24-10-8-9-11-25(24)29(35)36/h8-11,13-18H,6-7,12,19H2,1-5H3,(H,32,37)(H,35,36). The van der Waals surface area contributed by atoms with Crippen molar-refractivity contribution in [3.8, 4) is 11.1 Å². The molecule has 0 aliphatic heterocycles. The number of anilines is 1. The number of amides is 1. The summed E-state index contributed by atoms with van der Waals surface area (Å²) < 4.78 is 2.24. The highest BCUT2D eigenvalue weighted by atomic mass is 16.4. The molecule has 0 saturated carbocycles. The molecule has 4 rings (SSSR count). The second-order valence-corrected chi connectivity index (χ2v) is 10.6. The van der Waals surface area contributed by atoms with Crippen LogP contribution in [0.4, 0.5) is 5.69 Å². The van der Waals surface area contributed by atoms with Crippen molar-refractivity contribution >= 4 is 28.6 Å². The summed E-state index contributed by atoms with van der Waals surface area (Å²) in [5.74, 6) is 0.0650. The van der Waals surface area contributed by atoms with E-state index in [2.05, 4.69) is 16.8 Å². The fourth-order valence-electron chi connectivity index (χ4n) is 4.43. The number of carboxylic acid groups (broad SMARTS) is 1. The summed E-state index contributed by atoms with van der Waals surface area (Å²) in [6.07, 6.45) is 2.99. The Balaban J connectivity index is 1.72. The van der Waals surface area contributed by atoms with Gasteiger partial charge in [-0.1, -0.05) is 76.6 Å². The Morgan fingerprint density at radius 2 is 1.73 bits per heavy atom. The molecule has 0 spiro atoms. The first-order chi connectivity index (χ1) is 17.6. The summed E-state index contributed by atoms with van der Waals surface area (Å²) in [6.45, 7) is 10.5. The van der Waals surface area contributed by atoms with Gasteiger partial charge in [-0.25, -0.2) is 9.78 Å². The Morgan fingerprint density at radius 3 is 2.38 bits per heavy atom. The van der Waals surface area contributed by atoms with Crippen molar-refractivity contribution in [2.45, 2.75) is 60.4 Å². The average Bonchev–Trinajstić information content (AvgIpc) is 3.20. The molecule has 1 amide bonds. The third kappa shape index (κ3) is 5.74. The molecule has 0 aliphatic rings. The van der Waals surface area contributed by atoms with E-state index < -0.39 is 11.4 Å². The van der Waals surface area contributed by atoms with Gasteiger partial charge in [-0.2, -0.15) is 0 Å². The number of nitrogens with one attached hydrogen (secondary N) is 1. The Hall–Kier alpha value is -3.93. The van der Waals surface area contributed by atoms with Crippen LogP contribution in [0.3, 0.4) is 0 Å². The summed E-state index contributed by atoms with van der Waals surface area (Å²) in [5.41, 5.74) is 6.21. The Labute approximate surface area is 218 Å². The lowest BCUT2D eigenvalue weighted by Gasteiger charge is -2.18. The number of carboxylic acids is 1. The molecule has 1 heterocycles. The number of aromatic nitrogens is 2. The number of imidazole rings is 1. The van der Waals surface area contributed by atoms with Crippen LogP contribution >= 0.6 is 0 Å². The molecule has 0 atom stereocenters. The fourth-order valence-corrected chi connectivity index (χ4v) is 4.43. The zero-order valence-corrected chi connectivity index (χ0v) is 22.3. The van der Waals surface area contributed by atoms with Gasteiger partial charge in [-0.05, 0) is 53.8 Å². The van der Waals surface area contributed by atoms with Gasteiger partial charge in [0.15, 0.2) is 0 Å². The molecule has 0 unspecified atom stereocenters. The number of carbonyl (C=O) groups excluding carboxylic acids is 1. The lowest BCUT2D eigenvalue weighted by molar-refractivity contribution is -0.123. The van der Waals surface area contributed by atoms with Crippen molar-refractivity contribution in [1.82, 2.24) is 9.55 Å². The van der Waals surface area contributed by atoms with Crippen LogP contribution in [0.25, 0.3) is 22.2 Å². The van der Waals surface area contributed by atoms with Crippen molar-refractivity contribution in [3.05, 3.63) is 83.2 Å². The van der Waals surface area contributed by atoms with Crippen LogP contribution in [0, 0.1) is 12.3 Å². The van der Waals surface area contributed by atoms with Gasteiger partial charge in [0.1, 0.15) is 5.82 Å². The van der Waals surface area contributed by atoms with E-state index in [1.54, 1.807) is 12.1 Å². The predicted molar refractivity (Wildman–Crippen MR) is 149 cm³/mol. The van der Waals surface area contributed by atoms with Gasteiger partial charge in [0.05, 0.1) is 16.6 Å². The number of rotatable bonds is 8. The highest BCUT2D eigenvalue weighted by Gasteiger charge is 2.22. The smallest absolute Gasteiger partial charge is 0.336 e. The molecule has 6 heteroatoms. The maximum Gasteiger partial charge on any atom is 0.336 e. The van der Waals surface area contributed by atoms with Crippen LogP contribution in [0.15, 0.2) is 60.7 Å². The first-order valence-corrected chi connectivity index (χ1v) is 12.8. The van der Waals surface area contributed by atoms with Crippen LogP contribution in [-0.4, -0.2) is 26.5 Å². The number of hydrogen-bond donors (Lipinski definition) is 2. The predicted octanol–water partition coefficient (Wildman–Crippen LogP) is 7.09. The normalized spacial score (nSPS) is 11.6. The van der Waals surface area contributed by atoms with E-state index in [0.717, 1.165) is 58.5 Å². The van der Waals surface area contributed by atoms with E-state index in [4.69, 9.17) is 4.98 Å². The Morgan fingerprint density at radius 1 is 1.03 bits per heavy atom. The van der Waals surface area contributed by atoms with Gasteiger partial charge in [0.2, 0.25) is 5.91 Å². The summed E-state index contributed by atoms with van der Waals surface area (Å²) >= 11 is 0. The SMILES string of the molecule is CCCCc1nc2c(C)cc(NC(=O)C(C)(C)C)cc2n1Cc1ccc(-c2ccccc2C(=O)O)cc1. The van der Waals surface area contributed by atoms with Crippen LogP contribution in [0.1, 0.15) is 67.8 Å². The summed E-state index contributed by atoms with van der Waals surface area (Å²) in [4.78, 5) is 29.3. The largest absolute Gasteiger partial charge is 0.478 e. The van der Waals surface area contributed by atoms with Crippen molar-refractivity contribution < 1.29 is 14.7 Å². The third-order valence-corrected chi connectivity index (χ3v) is 6.58. The van der Waals surface area contributed by atoms with Gasteiger partial charge in [0.25, 0.3) is 0 Å². The zero-order valence-electron chi connectivity index (χ0n) is 22.3. The molecule has 0 saturated heterocycles. The Bertz CT molecular complexity index is 1440. The van der Waals surface area contributed by atoms with Crippen LogP contribution in [0.2, 0.25) is 0 Å². The molecule has 0 aliphatic carbocycles. The van der Waals surface area contributed by atoms with Crippen LogP contribution < -0.4 is 5.32 Å². The monoisotopic (exact) mass is 497 g/mol. The van der Waals surface area contributed by atoms with Crippen molar-refractivity contribution in [3.63, 3.8) is 0 Å². The maximum absolute atomic E-state index is 12.6. The van der Waals surface area contributed by atoms with Crippen LogP contribution in [0.5, 0.6) is 0 Å². The number of unbranched alkanes of at least 4 members (excludes halogenated alkanes) is 1. The lowest BCUT2D eigenvalue weighted by Crippen LogP contribution is -2.27. The average molecular weight is 498 g/mol. The first kappa shape index (κ1) is 26.1. The summed E-state index contributed by atoms with van der Waals surface area (Å²) in [6, 6.07) is 19.1. The molecule has 4 aromatic rings. The second kappa shape index (κ2) is 10.6. The second-order valence-electron chi connectivity index (χ2n) is 10.6. The molecule has 0 fully saturated rings. The van der Waals surface area contributed by atoms with E-state index in [-0.39, 0.29) is 11.5 Å². The number of hydrogen-bond acceptors (Lipinski definition) is 3. The molecular formula is C31H35N3O3. The van der Waals surface area contributed by atoms with Crippen molar-refractivity contribution in [2.75, 3.05) is 5.32 Å². The van der Waals surface area contributed by atoms with E-state index in [1.807, 2.05) is 76.2 Å². The molecule has 192 valence electrons. The number of nitrogens with zero attached hydrogens (tertiary/aromatic N) is 2. The van der Waals surface area contributed by atoms with Gasteiger partial charge in [-0.3, -0.25) is 4.79 Å². The first-order valence-electron chi connectivity index (χ1n) is 12.8. The molecular weight excluding hydrogens is 462 g/mol. The van der Waals surface area contributed by atoms with E-state index in [1.165, 1.54) is 0 Å². The maximum atomic E-state index is 12.6. The number of aryl methyl sites for hydroxylation is 2. The Kier molecular flexibility index (Phi) is 7.48.